The Kier molecular flexibility index (Phi) is 7.90. The zero-order valence-corrected chi connectivity index (χ0v) is 35.3. The average Bonchev–Trinajstić information content (AvgIpc) is 3.77. The molecule has 14 rings (SSSR count). The van der Waals surface area contributed by atoms with Gasteiger partial charge in [0.15, 0.2) is 0 Å². The molecule has 0 amide bonds. The van der Waals surface area contributed by atoms with Gasteiger partial charge in [0.2, 0.25) is 0 Å². The Morgan fingerprint density at radius 3 is 2.18 bits per heavy atom. The van der Waals surface area contributed by atoms with Crippen LogP contribution in [0.3, 0.4) is 0 Å². The number of aromatic nitrogens is 2. The molecule has 4 heterocycles. The van der Waals surface area contributed by atoms with Crippen molar-refractivity contribution in [2.24, 2.45) is 10.9 Å². The van der Waals surface area contributed by atoms with Gasteiger partial charge in [-0.2, -0.15) is 0 Å². The maximum Gasteiger partial charge on any atom is 0.144 e. The van der Waals surface area contributed by atoms with E-state index in [1.807, 2.05) is 12.1 Å². The van der Waals surface area contributed by atoms with Crippen molar-refractivity contribution in [2.45, 2.75) is 18.4 Å². The molecule has 0 radical (unpaired) electrons. The summed E-state index contributed by atoms with van der Waals surface area (Å²) in [6.07, 6.45) is 14.7. The first-order chi connectivity index (χ1) is 32.2. The van der Waals surface area contributed by atoms with Crippen LogP contribution in [-0.4, -0.2) is 15.7 Å². The van der Waals surface area contributed by atoms with Gasteiger partial charge in [-0.05, 0) is 92.7 Å². The minimum absolute atomic E-state index is 0.0728. The van der Waals surface area contributed by atoms with Crippen LogP contribution in [0.15, 0.2) is 204 Å². The standard InChI is InChI=1S/C61H39N3O/c1-2-11-36(12-3-1)53-31-25-37-21-22-38-26-32-54(63-60(38)59(37)62-53)41-24-28-46-45-27-23-40(34-51(45)43-15-4-5-16-44(43)52(46)35-41)39-13-10-14-42(33-39)58-50-30-29-48-47-17-7-9-20-56(47)65-61(48)57(50)49-18-6-8-19-55(49)64-58/h1-33,35,38,40,60H,34H2. The molecule has 8 aromatic carbocycles. The van der Waals surface area contributed by atoms with Gasteiger partial charge in [-0.1, -0.05) is 164 Å². The molecule has 3 aromatic heterocycles. The van der Waals surface area contributed by atoms with Crippen molar-refractivity contribution in [1.29, 1.82) is 0 Å². The molecule has 4 nitrogen and oxygen atoms in total. The Balaban J connectivity index is 0.840. The number of dihydropyridines is 1. The third-order valence-corrected chi connectivity index (χ3v) is 14.1. The minimum atomic E-state index is -0.0728. The number of hydrogen-bond acceptors (Lipinski definition) is 4. The van der Waals surface area contributed by atoms with E-state index >= 15 is 0 Å². The normalized spacial score (nSPS) is 17.5. The molecule has 11 aromatic rings. The molecule has 65 heavy (non-hydrogen) atoms. The van der Waals surface area contributed by atoms with Crippen LogP contribution in [0.5, 0.6) is 0 Å². The molecule has 3 unspecified atom stereocenters. The van der Waals surface area contributed by atoms with Crippen molar-refractivity contribution in [2.75, 3.05) is 0 Å². The fourth-order valence-electron chi connectivity index (χ4n) is 11.0. The maximum absolute atomic E-state index is 6.62. The lowest BCUT2D eigenvalue weighted by molar-refractivity contribution is 0.592. The Morgan fingerprint density at radius 2 is 1.26 bits per heavy atom. The summed E-state index contributed by atoms with van der Waals surface area (Å²) in [4.78, 5) is 16.0. The van der Waals surface area contributed by atoms with Crippen LogP contribution in [0.25, 0.3) is 99.8 Å². The van der Waals surface area contributed by atoms with Gasteiger partial charge >= 0.3 is 0 Å². The number of fused-ring (bicyclic) bond motifs is 16. The van der Waals surface area contributed by atoms with E-state index in [9.17, 15) is 0 Å². The van der Waals surface area contributed by atoms with E-state index in [1.165, 1.54) is 38.2 Å². The van der Waals surface area contributed by atoms with E-state index in [0.717, 1.165) is 95.1 Å². The number of aliphatic imine (C=N–C) groups is 1. The van der Waals surface area contributed by atoms with Crippen molar-refractivity contribution in [3.63, 3.8) is 0 Å². The van der Waals surface area contributed by atoms with E-state index in [1.54, 1.807) is 0 Å². The number of hydrogen-bond donors (Lipinski definition) is 0. The lowest BCUT2D eigenvalue weighted by Gasteiger charge is -2.28. The smallest absolute Gasteiger partial charge is 0.144 e. The number of para-hydroxylation sites is 2. The molecule has 3 aliphatic rings. The van der Waals surface area contributed by atoms with Gasteiger partial charge < -0.3 is 4.42 Å². The molecule has 2 aliphatic carbocycles. The summed E-state index contributed by atoms with van der Waals surface area (Å²) in [6, 6.07) is 60.8. The van der Waals surface area contributed by atoms with Gasteiger partial charge in [0, 0.05) is 55.5 Å². The lowest BCUT2D eigenvalue weighted by atomic mass is 9.79. The zero-order valence-electron chi connectivity index (χ0n) is 35.3. The molecule has 3 atom stereocenters. The van der Waals surface area contributed by atoms with Crippen molar-refractivity contribution in [1.82, 2.24) is 9.97 Å². The first kappa shape index (κ1) is 36.3. The van der Waals surface area contributed by atoms with Gasteiger partial charge in [0.1, 0.15) is 17.2 Å². The predicted octanol–water partition coefficient (Wildman–Crippen LogP) is 15.4. The Bertz CT molecular complexity index is 3940. The summed E-state index contributed by atoms with van der Waals surface area (Å²) < 4.78 is 6.62. The van der Waals surface area contributed by atoms with Gasteiger partial charge in [0.25, 0.3) is 0 Å². The van der Waals surface area contributed by atoms with Crippen LogP contribution >= 0.6 is 0 Å². The highest BCUT2D eigenvalue weighted by Crippen LogP contribution is 2.44. The van der Waals surface area contributed by atoms with Gasteiger partial charge in [-0.25, -0.2) is 9.97 Å². The number of furan rings is 1. The Hall–Kier alpha value is -8.21. The summed E-state index contributed by atoms with van der Waals surface area (Å²) in [7, 11) is 0. The molecule has 0 spiro atoms. The number of pyridine rings is 2. The molecule has 0 bridgehead atoms. The number of nitrogens with zero attached hydrogens (tertiary/aromatic N) is 3. The largest absolute Gasteiger partial charge is 0.455 e. The summed E-state index contributed by atoms with van der Waals surface area (Å²) >= 11 is 0. The molecule has 0 saturated heterocycles. The van der Waals surface area contributed by atoms with E-state index in [0.29, 0.717) is 0 Å². The van der Waals surface area contributed by atoms with Crippen molar-refractivity contribution < 1.29 is 4.42 Å². The van der Waals surface area contributed by atoms with Crippen LogP contribution in [0.1, 0.15) is 45.5 Å². The molecular formula is C61H39N3O. The van der Waals surface area contributed by atoms with Crippen molar-refractivity contribution in [3.05, 3.63) is 228 Å². The van der Waals surface area contributed by atoms with Crippen LogP contribution in [0, 0.1) is 5.92 Å². The molecule has 0 N–H and O–H groups in total. The monoisotopic (exact) mass is 829 g/mol. The maximum atomic E-state index is 6.62. The first-order valence-corrected chi connectivity index (χ1v) is 22.6. The highest BCUT2D eigenvalue weighted by atomic mass is 16.3. The topological polar surface area (TPSA) is 51.3 Å². The van der Waals surface area contributed by atoms with E-state index < -0.39 is 0 Å². The van der Waals surface area contributed by atoms with Crippen LogP contribution in [0.4, 0.5) is 0 Å². The lowest BCUT2D eigenvalue weighted by Crippen LogP contribution is -2.19. The summed E-state index contributed by atoms with van der Waals surface area (Å²) in [5.41, 5.74) is 15.2. The quantitative estimate of drug-likeness (QED) is 0.166. The summed E-state index contributed by atoms with van der Waals surface area (Å²) in [5.74, 6) is 0.378. The van der Waals surface area contributed by atoms with Crippen LogP contribution < -0.4 is 0 Å². The second-order valence-electron chi connectivity index (χ2n) is 17.7. The molecule has 1 aliphatic heterocycles. The van der Waals surface area contributed by atoms with E-state index in [2.05, 4.69) is 194 Å². The number of rotatable bonds is 4. The van der Waals surface area contributed by atoms with Crippen molar-refractivity contribution >= 4 is 83.0 Å². The Morgan fingerprint density at radius 1 is 0.492 bits per heavy atom. The summed E-state index contributed by atoms with van der Waals surface area (Å²) in [6.45, 7) is 0. The van der Waals surface area contributed by atoms with E-state index in [-0.39, 0.29) is 17.9 Å². The Labute approximate surface area is 375 Å². The molecular weight excluding hydrogens is 791 g/mol. The fourth-order valence-corrected chi connectivity index (χ4v) is 11.0. The van der Waals surface area contributed by atoms with Crippen LogP contribution in [-0.2, 0) is 6.42 Å². The van der Waals surface area contributed by atoms with Crippen LogP contribution in [0.2, 0.25) is 0 Å². The highest BCUT2D eigenvalue weighted by Gasteiger charge is 2.30. The molecule has 304 valence electrons. The molecule has 4 heteroatoms. The van der Waals surface area contributed by atoms with Crippen molar-refractivity contribution in [3.8, 4) is 22.5 Å². The summed E-state index contributed by atoms with van der Waals surface area (Å²) in [5, 5.41) is 10.7. The van der Waals surface area contributed by atoms with E-state index in [4.69, 9.17) is 19.4 Å². The predicted molar refractivity (Wildman–Crippen MR) is 270 cm³/mol. The average molecular weight is 830 g/mol. The number of benzene rings is 8. The van der Waals surface area contributed by atoms with Gasteiger partial charge in [0.05, 0.1) is 28.3 Å². The third-order valence-electron chi connectivity index (χ3n) is 14.1. The second-order valence-corrected chi connectivity index (χ2v) is 17.7. The van der Waals surface area contributed by atoms with Gasteiger partial charge in [-0.15, -0.1) is 0 Å². The van der Waals surface area contributed by atoms with Gasteiger partial charge in [-0.3, -0.25) is 4.99 Å². The minimum Gasteiger partial charge on any atom is -0.455 e. The second kappa shape index (κ2) is 14.2. The zero-order chi connectivity index (χ0) is 42.6. The highest BCUT2D eigenvalue weighted by molar-refractivity contribution is 6.25. The molecule has 0 fully saturated rings. The SMILES string of the molecule is C1=CC2C=Cc3ccc(-c4ccccc4)nc3C2N=C1c1ccc2c3c(c4ccccc4c2c1)CC(c1cccc(-c2nc4ccccc4c4c2ccc2c5ccccc5oc24)c1)C=C3. The fraction of sp³-hybridized carbons (Fsp3) is 0.0656. The molecule has 0 saturated carbocycles. The first-order valence-electron chi connectivity index (χ1n) is 22.6. The third kappa shape index (κ3) is 5.67. The number of allylic oxidation sites excluding steroid dienone is 2.